The fraction of sp³-hybridized carbons (Fsp3) is 0.381. The lowest BCUT2D eigenvalue weighted by Crippen LogP contribution is -2.44. The van der Waals surface area contributed by atoms with Crippen molar-refractivity contribution in [3.63, 3.8) is 0 Å². The van der Waals surface area contributed by atoms with E-state index in [1.54, 1.807) is 11.3 Å². The van der Waals surface area contributed by atoms with E-state index in [0.717, 1.165) is 38.0 Å². The molecule has 0 radical (unpaired) electrons. The van der Waals surface area contributed by atoms with E-state index in [2.05, 4.69) is 58.3 Å². The molecule has 1 amide bonds. The maximum atomic E-state index is 12.6. The maximum absolute atomic E-state index is 12.6. The zero-order chi connectivity index (χ0) is 17.9. The van der Waals surface area contributed by atoms with Crippen molar-refractivity contribution in [2.75, 3.05) is 19.6 Å². The minimum Gasteiger partial charge on any atom is -0.361 e. The van der Waals surface area contributed by atoms with Gasteiger partial charge in [0.25, 0.3) is 0 Å². The molecule has 4 nitrogen and oxygen atoms in total. The van der Waals surface area contributed by atoms with Crippen molar-refractivity contribution in [3.05, 3.63) is 58.4 Å². The first-order valence-electron chi connectivity index (χ1n) is 9.35. The summed E-state index contributed by atoms with van der Waals surface area (Å²) in [6.45, 7) is 4.55. The molecule has 1 saturated heterocycles. The molecule has 2 atom stereocenters. The highest BCUT2D eigenvalue weighted by molar-refractivity contribution is 7.10. The van der Waals surface area contributed by atoms with E-state index in [-0.39, 0.29) is 17.9 Å². The van der Waals surface area contributed by atoms with Gasteiger partial charge in [0.15, 0.2) is 0 Å². The van der Waals surface area contributed by atoms with Crippen LogP contribution in [0.15, 0.2) is 48.0 Å². The molecule has 4 rings (SSSR count). The summed E-state index contributed by atoms with van der Waals surface area (Å²) in [7, 11) is 0. The van der Waals surface area contributed by atoms with Crippen LogP contribution in [0.3, 0.4) is 0 Å². The average Bonchev–Trinajstić information content (AvgIpc) is 3.42. The SMILES string of the molecule is CC(NCC(c1cccs1)c1c[nH]c2ccccc12)C(=O)N1CCCC1. The fourth-order valence-electron chi connectivity index (χ4n) is 3.83. The van der Waals surface area contributed by atoms with Gasteiger partial charge in [0.2, 0.25) is 5.91 Å². The molecule has 0 saturated carbocycles. The summed E-state index contributed by atoms with van der Waals surface area (Å²) in [6.07, 6.45) is 4.38. The minimum absolute atomic E-state index is 0.152. The maximum Gasteiger partial charge on any atom is 0.239 e. The van der Waals surface area contributed by atoms with E-state index in [0.29, 0.717) is 0 Å². The first-order chi connectivity index (χ1) is 12.7. The van der Waals surface area contributed by atoms with Gasteiger partial charge in [-0.15, -0.1) is 11.3 Å². The Bertz CT molecular complexity index is 864. The summed E-state index contributed by atoms with van der Waals surface area (Å²) in [5.74, 6) is 0.464. The number of para-hydroxylation sites is 1. The predicted octanol–water partition coefficient (Wildman–Crippen LogP) is 3.96. The van der Waals surface area contributed by atoms with Crippen LogP contribution in [-0.2, 0) is 4.79 Å². The van der Waals surface area contributed by atoms with Gasteiger partial charge in [-0.1, -0.05) is 24.3 Å². The van der Waals surface area contributed by atoms with Crippen molar-refractivity contribution in [1.29, 1.82) is 0 Å². The molecule has 1 aliphatic heterocycles. The summed E-state index contributed by atoms with van der Waals surface area (Å²) < 4.78 is 0. The molecular weight excluding hydrogens is 342 g/mol. The summed E-state index contributed by atoms with van der Waals surface area (Å²) in [6, 6.07) is 12.5. The number of fused-ring (bicyclic) bond motifs is 1. The fourth-order valence-corrected chi connectivity index (χ4v) is 4.67. The van der Waals surface area contributed by atoms with Gasteiger partial charge in [-0.25, -0.2) is 0 Å². The second-order valence-electron chi connectivity index (χ2n) is 7.02. The lowest BCUT2D eigenvalue weighted by Gasteiger charge is -2.23. The van der Waals surface area contributed by atoms with Crippen molar-refractivity contribution in [2.24, 2.45) is 0 Å². The molecule has 2 unspecified atom stereocenters. The average molecular weight is 368 g/mol. The van der Waals surface area contributed by atoms with Crippen LogP contribution in [0.25, 0.3) is 10.9 Å². The van der Waals surface area contributed by atoms with E-state index in [1.165, 1.54) is 15.8 Å². The highest BCUT2D eigenvalue weighted by atomic mass is 32.1. The number of aromatic amines is 1. The zero-order valence-corrected chi connectivity index (χ0v) is 15.9. The predicted molar refractivity (Wildman–Crippen MR) is 108 cm³/mol. The Morgan fingerprint density at radius 3 is 2.81 bits per heavy atom. The van der Waals surface area contributed by atoms with Gasteiger partial charge < -0.3 is 15.2 Å². The van der Waals surface area contributed by atoms with Gasteiger partial charge in [-0.3, -0.25) is 4.79 Å². The van der Waals surface area contributed by atoms with E-state index < -0.39 is 0 Å². The van der Waals surface area contributed by atoms with Crippen LogP contribution < -0.4 is 5.32 Å². The van der Waals surface area contributed by atoms with Gasteiger partial charge in [0, 0.05) is 47.5 Å². The number of amides is 1. The molecule has 0 spiro atoms. The van der Waals surface area contributed by atoms with E-state index >= 15 is 0 Å². The first kappa shape index (κ1) is 17.3. The molecule has 0 aliphatic carbocycles. The highest BCUT2D eigenvalue weighted by Gasteiger charge is 2.25. The van der Waals surface area contributed by atoms with Crippen molar-refractivity contribution in [2.45, 2.75) is 31.7 Å². The first-order valence-corrected chi connectivity index (χ1v) is 10.2. The Kier molecular flexibility index (Phi) is 5.09. The van der Waals surface area contributed by atoms with E-state index in [4.69, 9.17) is 0 Å². The number of rotatable bonds is 6. The highest BCUT2D eigenvalue weighted by Crippen LogP contribution is 2.32. The Morgan fingerprint density at radius 2 is 2.04 bits per heavy atom. The van der Waals surface area contributed by atoms with Gasteiger partial charge in [-0.2, -0.15) is 0 Å². The number of nitrogens with zero attached hydrogens (tertiary/aromatic N) is 1. The van der Waals surface area contributed by atoms with Gasteiger partial charge in [0.05, 0.1) is 6.04 Å². The largest absolute Gasteiger partial charge is 0.361 e. The van der Waals surface area contributed by atoms with Crippen LogP contribution in [0.5, 0.6) is 0 Å². The topological polar surface area (TPSA) is 48.1 Å². The molecule has 26 heavy (non-hydrogen) atoms. The number of hydrogen-bond donors (Lipinski definition) is 2. The third-order valence-electron chi connectivity index (χ3n) is 5.30. The second-order valence-corrected chi connectivity index (χ2v) is 8.00. The third-order valence-corrected chi connectivity index (χ3v) is 6.29. The van der Waals surface area contributed by atoms with Crippen molar-refractivity contribution in [1.82, 2.24) is 15.2 Å². The van der Waals surface area contributed by atoms with Crippen LogP contribution in [0.2, 0.25) is 0 Å². The van der Waals surface area contributed by atoms with Gasteiger partial charge in [-0.05, 0) is 42.8 Å². The standard InChI is InChI=1S/C21H25N3OS/c1-15(21(25)24-10-4-5-11-24)22-14-18(20-9-6-12-26-20)17-13-23-19-8-3-2-7-16(17)19/h2-3,6-9,12-13,15,18,22-23H,4-5,10-11,14H2,1H3. The van der Waals surface area contributed by atoms with Crippen LogP contribution in [0.1, 0.15) is 36.1 Å². The molecule has 5 heteroatoms. The number of benzene rings is 1. The lowest BCUT2D eigenvalue weighted by molar-refractivity contribution is -0.131. The van der Waals surface area contributed by atoms with Gasteiger partial charge >= 0.3 is 0 Å². The third kappa shape index (κ3) is 3.41. The van der Waals surface area contributed by atoms with Crippen LogP contribution in [0.4, 0.5) is 0 Å². The number of aromatic nitrogens is 1. The molecular formula is C21H25N3OS. The molecule has 3 heterocycles. The normalized spacial score (nSPS) is 16.9. The molecule has 3 aromatic rings. The Balaban J connectivity index is 1.54. The zero-order valence-electron chi connectivity index (χ0n) is 15.1. The number of thiophene rings is 1. The number of carbonyl (C=O) groups excluding carboxylic acids is 1. The van der Waals surface area contributed by atoms with Crippen LogP contribution in [-0.4, -0.2) is 41.5 Å². The number of nitrogens with one attached hydrogen (secondary N) is 2. The molecule has 2 aromatic heterocycles. The second kappa shape index (κ2) is 7.64. The Morgan fingerprint density at radius 1 is 1.23 bits per heavy atom. The number of H-pyrrole nitrogens is 1. The minimum atomic E-state index is -0.152. The van der Waals surface area contributed by atoms with E-state index in [1.807, 2.05) is 11.8 Å². The Labute approximate surface area is 158 Å². The van der Waals surface area contributed by atoms with Crippen molar-refractivity contribution in [3.8, 4) is 0 Å². The van der Waals surface area contributed by atoms with Crippen molar-refractivity contribution >= 4 is 28.1 Å². The molecule has 136 valence electrons. The lowest BCUT2D eigenvalue weighted by atomic mass is 9.96. The summed E-state index contributed by atoms with van der Waals surface area (Å²) >= 11 is 1.77. The summed E-state index contributed by atoms with van der Waals surface area (Å²) in [5, 5.41) is 6.88. The molecule has 1 aliphatic rings. The molecule has 2 N–H and O–H groups in total. The smallest absolute Gasteiger partial charge is 0.239 e. The number of hydrogen-bond acceptors (Lipinski definition) is 3. The van der Waals surface area contributed by atoms with Crippen LogP contribution >= 0.6 is 11.3 Å². The summed E-state index contributed by atoms with van der Waals surface area (Å²) in [5.41, 5.74) is 2.45. The quantitative estimate of drug-likeness (QED) is 0.693. The molecule has 1 fully saturated rings. The number of carbonyl (C=O) groups is 1. The monoisotopic (exact) mass is 367 g/mol. The van der Waals surface area contributed by atoms with Crippen molar-refractivity contribution < 1.29 is 4.79 Å². The molecule has 0 bridgehead atoms. The molecule has 1 aromatic carbocycles. The Hall–Kier alpha value is -2.11. The van der Waals surface area contributed by atoms with Crippen LogP contribution in [0, 0.1) is 0 Å². The van der Waals surface area contributed by atoms with E-state index in [9.17, 15) is 4.79 Å². The summed E-state index contributed by atoms with van der Waals surface area (Å²) in [4.78, 5) is 19.3. The van der Waals surface area contributed by atoms with Gasteiger partial charge in [0.1, 0.15) is 0 Å². The number of likely N-dealkylation sites (tertiary alicyclic amines) is 1.